The standard InChI is InChI=1S/C11H9BrClNOS/c12-8-3-1-2-7(11(8)13)9(15)6-10-14-4-5-16-10/h1-5,9,15H,6H2. The van der Waals surface area contributed by atoms with Crippen molar-refractivity contribution in [3.05, 3.63) is 49.8 Å². The number of halogens is 2. The van der Waals surface area contributed by atoms with Crippen LogP contribution in [-0.2, 0) is 6.42 Å². The van der Waals surface area contributed by atoms with Crippen LogP contribution >= 0.6 is 38.9 Å². The SMILES string of the molecule is OC(Cc1nccs1)c1cccc(Br)c1Cl. The van der Waals surface area contributed by atoms with Gasteiger partial charge in [0, 0.05) is 28.0 Å². The lowest BCUT2D eigenvalue weighted by molar-refractivity contribution is 0.178. The number of aliphatic hydroxyl groups excluding tert-OH is 1. The summed E-state index contributed by atoms with van der Waals surface area (Å²) in [6.45, 7) is 0. The summed E-state index contributed by atoms with van der Waals surface area (Å²) in [6.07, 6.45) is 1.61. The Labute approximate surface area is 111 Å². The van der Waals surface area contributed by atoms with Crippen LogP contribution in [0.25, 0.3) is 0 Å². The Morgan fingerprint density at radius 2 is 2.31 bits per heavy atom. The summed E-state index contributed by atoms with van der Waals surface area (Å²) < 4.78 is 0.796. The molecule has 0 saturated heterocycles. The summed E-state index contributed by atoms with van der Waals surface area (Å²) in [5, 5.41) is 13.4. The second-order valence-corrected chi connectivity index (χ2v) is 5.50. The molecule has 1 heterocycles. The Morgan fingerprint density at radius 1 is 1.50 bits per heavy atom. The normalized spacial score (nSPS) is 12.7. The fraction of sp³-hybridized carbons (Fsp3) is 0.182. The highest BCUT2D eigenvalue weighted by Crippen LogP contribution is 2.31. The number of nitrogens with zero attached hydrogens (tertiary/aromatic N) is 1. The van der Waals surface area contributed by atoms with Crippen molar-refractivity contribution in [1.29, 1.82) is 0 Å². The zero-order chi connectivity index (χ0) is 11.5. The maximum atomic E-state index is 10.1. The van der Waals surface area contributed by atoms with Crippen molar-refractivity contribution in [3.8, 4) is 0 Å². The smallest absolute Gasteiger partial charge is 0.0954 e. The molecule has 5 heteroatoms. The molecule has 0 aliphatic carbocycles. The van der Waals surface area contributed by atoms with Crippen molar-refractivity contribution in [3.63, 3.8) is 0 Å². The Balaban J connectivity index is 2.21. The number of aliphatic hydroxyl groups is 1. The van der Waals surface area contributed by atoms with E-state index in [0.717, 1.165) is 15.0 Å². The average molecular weight is 319 g/mol. The number of thiazole rings is 1. The summed E-state index contributed by atoms with van der Waals surface area (Å²) in [5.74, 6) is 0. The summed E-state index contributed by atoms with van der Waals surface area (Å²) in [7, 11) is 0. The second kappa shape index (κ2) is 5.27. The zero-order valence-corrected chi connectivity index (χ0v) is 11.4. The first kappa shape index (κ1) is 12.0. The molecular weight excluding hydrogens is 310 g/mol. The van der Waals surface area contributed by atoms with Gasteiger partial charge in [-0.3, -0.25) is 0 Å². The molecule has 0 radical (unpaired) electrons. The largest absolute Gasteiger partial charge is 0.388 e. The van der Waals surface area contributed by atoms with Crippen LogP contribution in [0.15, 0.2) is 34.2 Å². The third kappa shape index (κ3) is 2.63. The average Bonchev–Trinajstić information content (AvgIpc) is 2.74. The number of benzene rings is 1. The molecule has 0 bridgehead atoms. The van der Waals surface area contributed by atoms with Crippen molar-refractivity contribution in [2.75, 3.05) is 0 Å². The Morgan fingerprint density at radius 3 is 3.00 bits per heavy atom. The minimum absolute atomic E-state index is 0.494. The monoisotopic (exact) mass is 317 g/mol. The van der Waals surface area contributed by atoms with Gasteiger partial charge in [0.25, 0.3) is 0 Å². The van der Waals surface area contributed by atoms with Crippen molar-refractivity contribution >= 4 is 38.9 Å². The predicted molar refractivity (Wildman–Crippen MR) is 69.9 cm³/mol. The molecule has 0 fully saturated rings. The molecule has 2 nitrogen and oxygen atoms in total. The van der Waals surface area contributed by atoms with E-state index in [9.17, 15) is 5.11 Å². The van der Waals surface area contributed by atoms with Crippen LogP contribution in [0, 0.1) is 0 Å². The Bertz CT molecular complexity index is 475. The highest BCUT2D eigenvalue weighted by Gasteiger charge is 2.14. The number of aromatic nitrogens is 1. The van der Waals surface area contributed by atoms with Gasteiger partial charge in [-0.2, -0.15) is 0 Å². The molecule has 0 aliphatic rings. The first-order chi connectivity index (χ1) is 7.68. The molecule has 0 amide bonds. The minimum atomic E-state index is -0.615. The number of hydrogen-bond acceptors (Lipinski definition) is 3. The van der Waals surface area contributed by atoms with Crippen LogP contribution in [0.1, 0.15) is 16.7 Å². The Hall–Kier alpha value is -0.420. The fourth-order valence-corrected chi connectivity index (χ4v) is 2.70. The van der Waals surface area contributed by atoms with Crippen LogP contribution in [0.5, 0.6) is 0 Å². The third-order valence-electron chi connectivity index (χ3n) is 2.19. The molecule has 1 aromatic heterocycles. The molecule has 0 saturated carbocycles. The topological polar surface area (TPSA) is 33.1 Å². The van der Waals surface area contributed by atoms with Crippen LogP contribution in [0.2, 0.25) is 5.02 Å². The van der Waals surface area contributed by atoms with E-state index in [1.807, 2.05) is 23.6 Å². The maximum absolute atomic E-state index is 10.1. The first-order valence-electron chi connectivity index (χ1n) is 4.69. The highest BCUT2D eigenvalue weighted by molar-refractivity contribution is 9.10. The van der Waals surface area contributed by atoms with E-state index in [0.29, 0.717) is 11.4 Å². The molecule has 1 aromatic carbocycles. The molecule has 1 atom stereocenters. The van der Waals surface area contributed by atoms with Crippen molar-refractivity contribution < 1.29 is 5.11 Å². The molecule has 1 unspecified atom stereocenters. The van der Waals surface area contributed by atoms with Gasteiger partial charge < -0.3 is 5.11 Å². The molecule has 1 N–H and O–H groups in total. The highest BCUT2D eigenvalue weighted by atomic mass is 79.9. The van der Waals surface area contributed by atoms with Gasteiger partial charge in [0.1, 0.15) is 0 Å². The zero-order valence-electron chi connectivity index (χ0n) is 8.23. The van der Waals surface area contributed by atoms with Crippen LogP contribution in [0.3, 0.4) is 0 Å². The van der Waals surface area contributed by atoms with Crippen LogP contribution in [0.4, 0.5) is 0 Å². The van der Waals surface area contributed by atoms with E-state index in [2.05, 4.69) is 20.9 Å². The van der Waals surface area contributed by atoms with Gasteiger partial charge in [-0.05, 0) is 22.0 Å². The lowest BCUT2D eigenvalue weighted by Crippen LogP contribution is -2.02. The van der Waals surface area contributed by atoms with E-state index in [-0.39, 0.29) is 0 Å². The molecule has 16 heavy (non-hydrogen) atoms. The number of hydrogen-bond donors (Lipinski definition) is 1. The minimum Gasteiger partial charge on any atom is -0.388 e. The second-order valence-electron chi connectivity index (χ2n) is 3.29. The molecule has 84 valence electrons. The van der Waals surface area contributed by atoms with Crippen molar-refractivity contribution in [1.82, 2.24) is 4.98 Å². The molecule has 0 spiro atoms. The van der Waals surface area contributed by atoms with Gasteiger partial charge in [0.15, 0.2) is 0 Å². The first-order valence-corrected chi connectivity index (χ1v) is 6.74. The molecule has 2 rings (SSSR count). The van der Waals surface area contributed by atoms with Gasteiger partial charge in [-0.1, -0.05) is 23.7 Å². The maximum Gasteiger partial charge on any atom is 0.0954 e. The van der Waals surface area contributed by atoms with E-state index in [1.54, 1.807) is 6.20 Å². The summed E-state index contributed by atoms with van der Waals surface area (Å²) in [4.78, 5) is 4.14. The van der Waals surface area contributed by atoms with Gasteiger partial charge in [0.05, 0.1) is 16.1 Å². The van der Waals surface area contributed by atoms with Gasteiger partial charge in [-0.15, -0.1) is 11.3 Å². The lowest BCUT2D eigenvalue weighted by Gasteiger charge is -2.11. The van der Waals surface area contributed by atoms with Crippen molar-refractivity contribution in [2.45, 2.75) is 12.5 Å². The summed E-state index contributed by atoms with van der Waals surface area (Å²) in [6, 6.07) is 5.53. The molecule has 0 aliphatic heterocycles. The van der Waals surface area contributed by atoms with E-state index < -0.39 is 6.10 Å². The lowest BCUT2D eigenvalue weighted by atomic mass is 10.1. The number of rotatable bonds is 3. The van der Waals surface area contributed by atoms with E-state index in [1.165, 1.54) is 11.3 Å². The predicted octanol–water partition coefficient (Wildman–Crippen LogP) is 3.84. The third-order valence-corrected chi connectivity index (χ3v) is 4.30. The molecule has 2 aromatic rings. The van der Waals surface area contributed by atoms with Crippen molar-refractivity contribution in [2.24, 2.45) is 0 Å². The Kier molecular flexibility index (Phi) is 3.97. The van der Waals surface area contributed by atoms with E-state index >= 15 is 0 Å². The van der Waals surface area contributed by atoms with Crippen LogP contribution in [-0.4, -0.2) is 10.1 Å². The van der Waals surface area contributed by atoms with Gasteiger partial charge in [0.2, 0.25) is 0 Å². The van der Waals surface area contributed by atoms with Crippen LogP contribution < -0.4 is 0 Å². The van der Waals surface area contributed by atoms with Gasteiger partial charge >= 0.3 is 0 Å². The quantitative estimate of drug-likeness (QED) is 0.933. The molecular formula is C11H9BrClNOS. The van der Waals surface area contributed by atoms with E-state index in [4.69, 9.17) is 11.6 Å². The fourth-order valence-electron chi connectivity index (χ4n) is 1.41. The summed E-state index contributed by atoms with van der Waals surface area (Å²) in [5.41, 5.74) is 0.728. The van der Waals surface area contributed by atoms with Gasteiger partial charge in [-0.25, -0.2) is 4.98 Å². The summed E-state index contributed by atoms with van der Waals surface area (Å²) >= 11 is 11.0.